The Morgan fingerprint density at radius 3 is 2.13 bits per heavy atom. The summed E-state index contributed by atoms with van der Waals surface area (Å²) in [7, 11) is 0. The predicted octanol–water partition coefficient (Wildman–Crippen LogP) is 6.65. The quantitative estimate of drug-likeness (QED) is 0.311. The van der Waals surface area contributed by atoms with Crippen molar-refractivity contribution in [3.63, 3.8) is 0 Å². The van der Waals surface area contributed by atoms with Crippen LogP contribution in [0, 0.1) is 0 Å². The van der Waals surface area contributed by atoms with Crippen LogP contribution in [0.25, 0.3) is 0 Å². The number of rotatable bonds is 9. The average molecular weight is 395 g/mol. The molecule has 1 unspecified atom stereocenters. The molecule has 4 rings (SSSR count). The van der Waals surface area contributed by atoms with Crippen molar-refractivity contribution in [2.75, 3.05) is 0 Å². The molecule has 3 aromatic carbocycles. The van der Waals surface area contributed by atoms with E-state index in [-0.39, 0.29) is 0 Å². The first kappa shape index (κ1) is 20.2. The summed E-state index contributed by atoms with van der Waals surface area (Å²) in [6.07, 6.45) is 8.38. The summed E-state index contributed by atoms with van der Waals surface area (Å²) in [5, 5.41) is 0. The molecule has 0 amide bonds. The molecule has 0 spiro atoms. The van der Waals surface area contributed by atoms with Gasteiger partial charge in [-0.25, -0.2) is 4.98 Å². The number of hydrogen-bond donors (Lipinski definition) is 0. The maximum Gasteiger partial charge on any atom is 0.0951 e. The molecule has 152 valence electrons. The van der Waals surface area contributed by atoms with Gasteiger partial charge in [0, 0.05) is 24.4 Å². The first-order valence-corrected chi connectivity index (χ1v) is 11.0. The van der Waals surface area contributed by atoms with Crippen LogP contribution in [-0.2, 0) is 19.4 Å². The number of benzene rings is 3. The number of aryl methyl sites for hydroxylation is 2. The van der Waals surface area contributed by atoms with Crippen molar-refractivity contribution in [2.24, 2.45) is 0 Å². The first-order chi connectivity index (χ1) is 14.8. The second-order valence-corrected chi connectivity index (χ2v) is 7.95. The number of nitrogens with zero attached hydrogens (tertiary/aromatic N) is 2. The van der Waals surface area contributed by atoms with Gasteiger partial charge in [0.2, 0.25) is 0 Å². The van der Waals surface area contributed by atoms with Crippen molar-refractivity contribution >= 4 is 0 Å². The van der Waals surface area contributed by atoms with Crippen LogP contribution in [0.15, 0.2) is 97.5 Å². The van der Waals surface area contributed by atoms with Crippen LogP contribution in [0.5, 0.6) is 0 Å². The zero-order valence-corrected chi connectivity index (χ0v) is 17.7. The number of hydrogen-bond acceptors (Lipinski definition) is 1. The molecule has 0 saturated carbocycles. The standard InChI is InChI=1S/C28H30N2/c1-2-23-16-18-26(19-17-23)28(25-12-7-4-8-13-25)15-9-14-27-20-29-22-30(27)21-24-10-5-3-6-11-24/h3-8,10-13,16-20,22,28H,2,9,14-15,21H2,1H3. The molecule has 2 nitrogen and oxygen atoms in total. The van der Waals surface area contributed by atoms with E-state index in [2.05, 4.69) is 101 Å². The maximum absolute atomic E-state index is 4.41. The Balaban J connectivity index is 1.45. The van der Waals surface area contributed by atoms with Gasteiger partial charge < -0.3 is 4.57 Å². The van der Waals surface area contributed by atoms with Crippen LogP contribution in [0.4, 0.5) is 0 Å². The van der Waals surface area contributed by atoms with E-state index in [1.165, 1.54) is 27.9 Å². The van der Waals surface area contributed by atoms with Gasteiger partial charge in [0.25, 0.3) is 0 Å². The van der Waals surface area contributed by atoms with Gasteiger partial charge >= 0.3 is 0 Å². The third-order valence-corrected chi connectivity index (χ3v) is 5.91. The topological polar surface area (TPSA) is 17.8 Å². The summed E-state index contributed by atoms with van der Waals surface area (Å²) in [5.74, 6) is 0.433. The fourth-order valence-electron chi connectivity index (χ4n) is 4.16. The molecular weight excluding hydrogens is 364 g/mol. The lowest BCUT2D eigenvalue weighted by molar-refractivity contribution is 0.633. The minimum Gasteiger partial charge on any atom is -0.330 e. The van der Waals surface area contributed by atoms with Crippen molar-refractivity contribution in [3.05, 3.63) is 125 Å². The van der Waals surface area contributed by atoms with Crippen LogP contribution in [0.3, 0.4) is 0 Å². The van der Waals surface area contributed by atoms with Gasteiger partial charge in [0.1, 0.15) is 0 Å². The highest BCUT2D eigenvalue weighted by Crippen LogP contribution is 2.30. The lowest BCUT2D eigenvalue weighted by Gasteiger charge is -2.19. The second kappa shape index (κ2) is 10.1. The monoisotopic (exact) mass is 394 g/mol. The molecule has 30 heavy (non-hydrogen) atoms. The summed E-state index contributed by atoms with van der Waals surface area (Å²) in [6.45, 7) is 3.10. The van der Waals surface area contributed by atoms with Gasteiger partial charge in [0.15, 0.2) is 0 Å². The summed E-state index contributed by atoms with van der Waals surface area (Å²) in [5.41, 5.74) is 6.84. The van der Waals surface area contributed by atoms with E-state index in [4.69, 9.17) is 0 Å². The minimum atomic E-state index is 0.433. The van der Waals surface area contributed by atoms with Gasteiger partial charge in [-0.05, 0) is 47.9 Å². The Morgan fingerprint density at radius 2 is 1.43 bits per heavy atom. The van der Waals surface area contributed by atoms with Crippen LogP contribution in [0.2, 0.25) is 0 Å². The molecule has 0 fully saturated rings. The van der Waals surface area contributed by atoms with E-state index in [9.17, 15) is 0 Å². The van der Waals surface area contributed by atoms with Crippen molar-refractivity contribution in [2.45, 2.75) is 45.1 Å². The third kappa shape index (κ3) is 5.07. The van der Waals surface area contributed by atoms with Gasteiger partial charge in [-0.15, -0.1) is 0 Å². The molecule has 0 aliphatic rings. The highest BCUT2D eigenvalue weighted by Gasteiger charge is 2.14. The normalized spacial score (nSPS) is 12.0. The molecule has 0 bridgehead atoms. The van der Waals surface area contributed by atoms with Crippen molar-refractivity contribution in [3.8, 4) is 0 Å². The highest BCUT2D eigenvalue weighted by molar-refractivity contribution is 5.34. The average Bonchev–Trinajstić information content (AvgIpc) is 3.25. The zero-order chi connectivity index (χ0) is 20.6. The molecule has 0 N–H and O–H groups in total. The molecule has 1 atom stereocenters. The smallest absolute Gasteiger partial charge is 0.0951 e. The van der Waals surface area contributed by atoms with E-state index in [0.29, 0.717) is 5.92 Å². The predicted molar refractivity (Wildman–Crippen MR) is 125 cm³/mol. The molecule has 0 radical (unpaired) electrons. The molecule has 0 saturated heterocycles. The molecule has 2 heteroatoms. The SMILES string of the molecule is CCc1ccc(C(CCCc2cncn2Cc2ccccc2)c2ccccc2)cc1. The van der Waals surface area contributed by atoms with Crippen LogP contribution < -0.4 is 0 Å². The molecule has 0 aliphatic heterocycles. The molecule has 1 heterocycles. The number of aromatic nitrogens is 2. The fourth-order valence-corrected chi connectivity index (χ4v) is 4.16. The Morgan fingerprint density at radius 1 is 0.767 bits per heavy atom. The van der Waals surface area contributed by atoms with Gasteiger partial charge in [-0.1, -0.05) is 91.9 Å². The van der Waals surface area contributed by atoms with Crippen LogP contribution in [0.1, 0.15) is 53.6 Å². The minimum absolute atomic E-state index is 0.433. The van der Waals surface area contributed by atoms with E-state index in [0.717, 1.165) is 32.2 Å². The Bertz CT molecular complexity index is 1020. The lowest BCUT2D eigenvalue weighted by atomic mass is 9.86. The molecule has 0 aliphatic carbocycles. The fraction of sp³-hybridized carbons (Fsp3) is 0.250. The Labute approximate surface area is 180 Å². The highest BCUT2D eigenvalue weighted by atomic mass is 15.0. The third-order valence-electron chi connectivity index (χ3n) is 5.91. The molecule has 1 aromatic heterocycles. The summed E-state index contributed by atoms with van der Waals surface area (Å²) in [6, 6.07) is 30.7. The van der Waals surface area contributed by atoms with E-state index < -0.39 is 0 Å². The van der Waals surface area contributed by atoms with Crippen molar-refractivity contribution in [1.82, 2.24) is 9.55 Å². The zero-order valence-electron chi connectivity index (χ0n) is 17.7. The van der Waals surface area contributed by atoms with E-state index >= 15 is 0 Å². The summed E-state index contributed by atoms with van der Waals surface area (Å²) in [4.78, 5) is 4.41. The Kier molecular flexibility index (Phi) is 6.76. The van der Waals surface area contributed by atoms with Crippen LogP contribution >= 0.6 is 0 Å². The van der Waals surface area contributed by atoms with E-state index in [1.807, 2.05) is 12.5 Å². The second-order valence-electron chi connectivity index (χ2n) is 7.95. The van der Waals surface area contributed by atoms with Gasteiger partial charge in [-0.2, -0.15) is 0 Å². The van der Waals surface area contributed by atoms with Crippen molar-refractivity contribution in [1.29, 1.82) is 0 Å². The summed E-state index contributed by atoms with van der Waals surface area (Å²) < 4.78 is 2.28. The lowest BCUT2D eigenvalue weighted by Crippen LogP contribution is -2.06. The van der Waals surface area contributed by atoms with Gasteiger partial charge in [-0.3, -0.25) is 0 Å². The number of imidazole rings is 1. The summed E-state index contributed by atoms with van der Waals surface area (Å²) >= 11 is 0. The largest absolute Gasteiger partial charge is 0.330 e. The maximum atomic E-state index is 4.41. The molecular formula is C28H30N2. The van der Waals surface area contributed by atoms with Gasteiger partial charge in [0.05, 0.1) is 6.33 Å². The van der Waals surface area contributed by atoms with E-state index in [1.54, 1.807) is 0 Å². The Hall–Kier alpha value is -3.13. The first-order valence-electron chi connectivity index (χ1n) is 11.0. The van der Waals surface area contributed by atoms with Crippen LogP contribution in [-0.4, -0.2) is 9.55 Å². The van der Waals surface area contributed by atoms with Crippen molar-refractivity contribution < 1.29 is 0 Å². The molecule has 4 aromatic rings.